The summed E-state index contributed by atoms with van der Waals surface area (Å²) < 4.78 is 13.5. The van der Waals surface area contributed by atoms with Gasteiger partial charge in [0.05, 0.1) is 5.56 Å². The van der Waals surface area contributed by atoms with Gasteiger partial charge in [-0.05, 0) is 42.7 Å². The van der Waals surface area contributed by atoms with Gasteiger partial charge in [0.1, 0.15) is 5.82 Å². The third-order valence-electron chi connectivity index (χ3n) is 3.16. The van der Waals surface area contributed by atoms with Crippen molar-refractivity contribution in [2.24, 2.45) is 0 Å². The Morgan fingerprint density at radius 1 is 1.00 bits per heavy atom. The molecule has 1 nitrogen and oxygen atoms in total. The summed E-state index contributed by atoms with van der Waals surface area (Å²) >= 11 is 0. The second kappa shape index (κ2) is 5.13. The average Bonchev–Trinajstić information content (AvgIpc) is 2.34. The summed E-state index contributed by atoms with van der Waals surface area (Å²) in [6.45, 7) is 3.94. The minimum absolute atomic E-state index is 0.167. The van der Waals surface area contributed by atoms with Crippen molar-refractivity contribution in [3.63, 3.8) is 0 Å². The number of carbonyl (C=O) groups excluding carboxylic acids is 1. The van der Waals surface area contributed by atoms with Crippen LogP contribution >= 0.6 is 0 Å². The molecule has 0 spiro atoms. The minimum atomic E-state index is -0.450. The van der Waals surface area contributed by atoms with Crippen LogP contribution in [0.4, 0.5) is 4.39 Å². The number of carbonyl (C=O) groups is 1. The Labute approximate surface area is 106 Å². The lowest BCUT2D eigenvalue weighted by Gasteiger charge is -2.09. The van der Waals surface area contributed by atoms with Crippen molar-refractivity contribution in [2.45, 2.75) is 20.3 Å². The largest absolute Gasteiger partial charge is 0.294 e. The molecule has 0 aliphatic carbocycles. The fourth-order valence-corrected chi connectivity index (χ4v) is 2.07. The van der Waals surface area contributed by atoms with E-state index < -0.39 is 5.82 Å². The second-order valence-corrected chi connectivity index (χ2v) is 4.45. The smallest absolute Gasteiger partial charge is 0.170 e. The lowest BCUT2D eigenvalue weighted by molar-refractivity contribution is 0.0988. The topological polar surface area (TPSA) is 17.1 Å². The molecule has 0 bridgehead atoms. The Bertz CT molecular complexity index is 567. The van der Waals surface area contributed by atoms with Crippen LogP contribution in [-0.4, -0.2) is 5.78 Å². The molecule has 2 aromatic carbocycles. The van der Waals surface area contributed by atoms with Crippen LogP contribution in [0.25, 0.3) is 0 Å². The van der Waals surface area contributed by atoms with Gasteiger partial charge in [-0.25, -0.2) is 4.39 Å². The van der Waals surface area contributed by atoms with Gasteiger partial charge in [0.25, 0.3) is 0 Å². The number of rotatable bonds is 3. The molecule has 0 aromatic heterocycles. The number of halogens is 1. The molecule has 2 aromatic rings. The maximum absolute atomic E-state index is 13.5. The zero-order valence-electron chi connectivity index (χ0n) is 10.5. The van der Waals surface area contributed by atoms with E-state index in [0.717, 1.165) is 16.7 Å². The molecule has 2 heteroatoms. The van der Waals surface area contributed by atoms with E-state index in [2.05, 4.69) is 0 Å². The monoisotopic (exact) mass is 242 g/mol. The molecule has 2 rings (SSSR count). The Hall–Kier alpha value is -1.96. The number of hydrogen-bond acceptors (Lipinski definition) is 1. The standard InChI is InChI=1S/C16H15FO/c1-11-6-5-7-12(2)14(11)10-16(18)13-8-3-4-9-15(13)17/h3-9H,10H2,1-2H3. The number of hydrogen-bond donors (Lipinski definition) is 0. The SMILES string of the molecule is Cc1cccc(C)c1CC(=O)c1ccccc1F. The van der Waals surface area contributed by atoms with E-state index in [0.29, 0.717) is 0 Å². The van der Waals surface area contributed by atoms with Gasteiger partial charge in [-0.3, -0.25) is 4.79 Å². The molecule has 18 heavy (non-hydrogen) atoms. The van der Waals surface area contributed by atoms with E-state index in [1.165, 1.54) is 12.1 Å². The van der Waals surface area contributed by atoms with Crippen LogP contribution in [0.5, 0.6) is 0 Å². The van der Waals surface area contributed by atoms with Gasteiger partial charge < -0.3 is 0 Å². The van der Waals surface area contributed by atoms with E-state index in [1.54, 1.807) is 12.1 Å². The van der Waals surface area contributed by atoms with Gasteiger partial charge in [-0.2, -0.15) is 0 Å². The van der Waals surface area contributed by atoms with Crippen LogP contribution in [0.2, 0.25) is 0 Å². The molecular weight excluding hydrogens is 227 g/mol. The highest BCUT2D eigenvalue weighted by Gasteiger charge is 2.13. The summed E-state index contributed by atoms with van der Waals surface area (Å²) in [5.74, 6) is -0.626. The third-order valence-corrected chi connectivity index (χ3v) is 3.16. The number of Topliss-reactive ketones (excluding diaryl/α,β-unsaturated/α-hetero) is 1. The molecule has 0 N–H and O–H groups in total. The van der Waals surface area contributed by atoms with Crippen LogP contribution in [0, 0.1) is 19.7 Å². The molecule has 0 amide bonds. The first-order valence-corrected chi connectivity index (χ1v) is 5.92. The summed E-state index contributed by atoms with van der Waals surface area (Å²) in [6, 6.07) is 12.0. The first kappa shape index (κ1) is 12.5. The zero-order valence-corrected chi connectivity index (χ0v) is 10.5. The second-order valence-electron chi connectivity index (χ2n) is 4.45. The van der Waals surface area contributed by atoms with Crippen molar-refractivity contribution >= 4 is 5.78 Å². The maximum atomic E-state index is 13.5. The number of benzene rings is 2. The van der Waals surface area contributed by atoms with Gasteiger partial charge in [-0.15, -0.1) is 0 Å². The Morgan fingerprint density at radius 3 is 2.22 bits per heavy atom. The predicted molar refractivity (Wildman–Crippen MR) is 70.4 cm³/mol. The third kappa shape index (κ3) is 2.48. The van der Waals surface area contributed by atoms with Gasteiger partial charge in [-0.1, -0.05) is 30.3 Å². The van der Waals surface area contributed by atoms with Crippen molar-refractivity contribution in [2.75, 3.05) is 0 Å². The summed E-state index contributed by atoms with van der Waals surface area (Å²) in [4.78, 5) is 12.1. The first-order valence-electron chi connectivity index (χ1n) is 5.92. The summed E-state index contributed by atoms with van der Waals surface area (Å²) in [5.41, 5.74) is 3.30. The van der Waals surface area contributed by atoms with Crippen molar-refractivity contribution in [1.29, 1.82) is 0 Å². The molecule has 0 atom stereocenters. The molecule has 0 heterocycles. The maximum Gasteiger partial charge on any atom is 0.170 e. The van der Waals surface area contributed by atoms with Gasteiger partial charge >= 0.3 is 0 Å². The van der Waals surface area contributed by atoms with E-state index in [4.69, 9.17) is 0 Å². The summed E-state index contributed by atoms with van der Waals surface area (Å²) in [7, 11) is 0. The van der Waals surface area contributed by atoms with E-state index in [-0.39, 0.29) is 17.8 Å². The Morgan fingerprint density at radius 2 is 1.61 bits per heavy atom. The molecule has 0 saturated carbocycles. The van der Waals surface area contributed by atoms with Gasteiger partial charge in [0.15, 0.2) is 5.78 Å². The van der Waals surface area contributed by atoms with Crippen LogP contribution in [0.1, 0.15) is 27.0 Å². The van der Waals surface area contributed by atoms with E-state index >= 15 is 0 Å². The van der Waals surface area contributed by atoms with Crippen molar-refractivity contribution in [1.82, 2.24) is 0 Å². The summed E-state index contributed by atoms with van der Waals surface area (Å²) in [5, 5.41) is 0. The highest BCUT2D eigenvalue weighted by atomic mass is 19.1. The fraction of sp³-hybridized carbons (Fsp3) is 0.188. The lowest BCUT2D eigenvalue weighted by Crippen LogP contribution is -2.08. The zero-order chi connectivity index (χ0) is 13.1. The molecule has 0 aliphatic rings. The van der Waals surface area contributed by atoms with E-state index in [9.17, 15) is 9.18 Å². The van der Waals surface area contributed by atoms with Crippen LogP contribution < -0.4 is 0 Å². The van der Waals surface area contributed by atoms with Gasteiger partial charge in [0, 0.05) is 6.42 Å². The van der Waals surface area contributed by atoms with Crippen LogP contribution in [0.15, 0.2) is 42.5 Å². The Balaban J connectivity index is 2.30. The molecule has 92 valence electrons. The number of ketones is 1. The highest BCUT2D eigenvalue weighted by Crippen LogP contribution is 2.17. The van der Waals surface area contributed by atoms with Gasteiger partial charge in [0.2, 0.25) is 0 Å². The molecule has 0 fully saturated rings. The molecule has 0 saturated heterocycles. The summed E-state index contributed by atoms with van der Waals surface area (Å²) in [6.07, 6.45) is 0.249. The predicted octanol–water partition coefficient (Wildman–Crippen LogP) is 3.87. The van der Waals surface area contributed by atoms with E-state index in [1.807, 2.05) is 32.0 Å². The first-order chi connectivity index (χ1) is 8.59. The lowest BCUT2D eigenvalue weighted by atomic mass is 9.95. The average molecular weight is 242 g/mol. The minimum Gasteiger partial charge on any atom is -0.294 e. The molecule has 0 unspecified atom stereocenters. The molecule has 0 radical (unpaired) electrons. The van der Waals surface area contributed by atoms with Crippen molar-refractivity contribution in [3.05, 3.63) is 70.5 Å². The molecule has 0 aliphatic heterocycles. The van der Waals surface area contributed by atoms with Crippen molar-refractivity contribution in [3.8, 4) is 0 Å². The fourth-order valence-electron chi connectivity index (χ4n) is 2.07. The normalized spacial score (nSPS) is 10.4. The molecular formula is C16H15FO. The van der Waals surface area contributed by atoms with Crippen molar-refractivity contribution < 1.29 is 9.18 Å². The van der Waals surface area contributed by atoms with Crippen LogP contribution in [0.3, 0.4) is 0 Å². The quantitative estimate of drug-likeness (QED) is 0.747. The highest BCUT2D eigenvalue weighted by molar-refractivity contribution is 5.98. The van der Waals surface area contributed by atoms with Crippen LogP contribution in [-0.2, 0) is 6.42 Å². The Kier molecular flexibility index (Phi) is 3.56. The number of aryl methyl sites for hydroxylation is 2.